The largest absolute Gasteiger partial charge is 0.273 e. The zero-order valence-corrected chi connectivity index (χ0v) is 16.4. The van der Waals surface area contributed by atoms with Crippen molar-refractivity contribution in [1.29, 1.82) is 0 Å². The second-order valence-corrected chi connectivity index (χ2v) is 7.64. The molecule has 5 rings (SSSR count). The first-order valence-corrected chi connectivity index (χ1v) is 9.82. The van der Waals surface area contributed by atoms with Gasteiger partial charge in [0.25, 0.3) is 5.91 Å². The summed E-state index contributed by atoms with van der Waals surface area (Å²) in [6.07, 6.45) is -0.998. The molecule has 0 saturated carbocycles. The van der Waals surface area contributed by atoms with E-state index in [1.165, 1.54) is 12.1 Å². The van der Waals surface area contributed by atoms with Gasteiger partial charge in [0.1, 0.15) is 11.7 Å². The van der Waals surface area contributed by atoms with Gasteiger partial charge in [0.15, 0.2) is 6.10 Å². The number of hydroxylamine groups is 1. The fourth-order valence-electron chi connectivity index (χ4n) is 4.09. The van der Waals surface area contributed by atoms with E-state index in [-0.39, 0.29) is 5.91 Å². The van der Waals surface area contributed by atoms with Crippen LogP contribution in [0, 0.1) is 11.7 Å². The van der Waals surface area contributed by atoms with Crippen LogP contribution in [0.5, 0.6) is 0 Å². The average molecular weight is 423 g/mol. The predicted octanol–water partition coefficient (Wildman–Crippen LogP) is 4.53. The van der Waals surface area contributed by atoms with Gasteiger partial charge in [-0.05, 0) is 54.1 Å². The molecule has 2 fully saturated rings. The molecule has 2 heterocycles. The maximum atomic E-state index is 14.0. The minimum Gasteiger partial charge on any atom is -0.273 e. The normalized spacial score (nSPS) is 23.2. The fraction of sp³-hybridized carbons (Fsp3) is 0.130. The maximum Gasteiger partial charge on any atom is 0.266 e. The number of carbonyl (C=O) groups excluding carboxylic acids is 2. The lowest BCUT2D eigenvalue weighted by molar-refractivity contribution is -0.126. The number of para-hydroxylation sites is 1. The zero-order chi connectivity index (χ0) is 20.8. The number of hydrogen-bond donors (Lipinski definition) is 0. The first kappa shape index (κ1) is 18.8. The third-order valence-electron chi connectivity index (χ3n) is 5.40. The second-order valence-electron chi connectivity index (χ2n) is 7.20. The van der Waals surface area contributed by atoms with E-state index < -0.39 is 29.8 Å². The van der Waals surface area contributed by atoms with Gasteiger partial charge in [0.05, 0.1) is 17.4 Å². The van der Waals surface area contributed by atoms with Crippen molar-refractivity contribution >= 4 is 34.8 Å². The summed E-state index contributed by atoms with van der Waals surface area (Å²) in [5, 5.41) is 2.04. The third kappa shape index (κ3) is 2.96. The van der Waals surface area contributed by atoms with Gasteiger partial charge in [-0.2, -0.15) is 0 Å². The Morgan fingerprint density at radius 3 is 2.27 bits per heavy atom. The average Bonchev–Trinajstić information content (AvgIpc) is 3.26. The molecule has 2 aliphatic heterocycles. The topological polar surface area (TPSA) is 49.9 Å². The lowest BCUT2D eigenvalue weighted by Crippen LogP contribution is -2.37. The molecule has 0 unspecified atom stereocenters. The Bertz CT molecular complexity index is 1120. The molecular weight excluding hydrogens is 407 g/mol. The minimum atomic E-state index is -0.998. The molecule has 3 aromatic carbocycles. The predicted molar refractivity (Wildman–Crippen MR) is 110 cm³/mol. The van der Waals surface area contributed by atoms with E-state index in [1.54, 1.807) is 41.5 Å². The Morgan fingerprint density at radius 2 is 1.57 bits per heavy atom. The van der Waals surface area contributed by atoms with E-state index in [2.05, 4.69) is 0 Å². The molecule has 5 nitrogen and oxygen atoms in total. The van der Waals surface area contributed by atoms with Crippen LogP contribution in [-0.4, -0.2) is 17.9 Å². The Labute approximate surface area is 177 Å². The molecule has 2 amide bonds. The van der Waals surface area contributed by atoms with Gasteiger partial charge >= 0.3 is 0 Å². The van der Waals surface area contributed by atoms with Crippen LogP contribution in [0.3, 0.4) is 0 Å². The van der Waals surface area contributed by atoms with E-state index in [0.29, 0.717) is 22.0 Å². The van der Waals surface area contributed by atoms with Crippen LogP contribution in [0.25, 0.3) is 0 Å². The lowest BCUT2D eigenvalue weighted by atomic mass is 9.90. The highest BCUT2D eigenvalue weighted by atomic mass is 35.5. The van der Waals surface area contributed by atoms with Crippen LogP contribution in [0.15, 0.2) is 78.9 Å². The van der Waals surface area contributed by atoms with Crippen molar-refractivity contribution in [2.24, 2.45) is 5.92 Å². The molecule has 3 aromatic rings. The Morgan fingerprint density at radius 1 is 0.833 bits per heavy atom. The first-order chi connectivity index (χ1) is 14.5. The third-order valence-corrected chi connectivity index (χ3v) is 5.65. The summed E-state index contributed by atoms with van der Waals surface area (Å²) < 4.78 is 14.0. The summed E-state index contributed by atoms with van der Waals surface area (Å²) in [7, 11) is 0. The van der Waals surface area contributed by atoms with Gasteiger partial charge < -0.3 is 0 Å². The van der Waals surface area contributed by atoms with Crippen LogP contribution >= 0.6 is 11.6 Å². The van der Waals surface area contributed by atoms with E-state index in [4.69, 9.17) is 16.4 Å². The first-order valence-electron chi connectivity index (χ1n) is 9.44. The molecule has 150 valence electrons. The highest BCUT2D eigenvalue weighted by molar-refractivity contribution is 6.31. The van der Waals surface area contributed by atoms with Crippen molar-refractivity contribution in [3.8, 4) is 0 Å². The van der Waals surface area contributed by atoms with E-state index >= 15 is 0 Å². The summed E-state index contributed by atoms with van der Waals surface area (Å²) in [4.78, 5) is 33.7. The molecule has 0 radical (unpaired) electrons. The van der Waals surface area contributed by atoms with Crippen LogP contribution in [0.4, 0.5) is 15.8 Å². The SMILES string of the molecule is O=C1[C@H]2[C@H](ON(c3ccccc3)[C@H]2c2cccc(F)c2)C(=O)N1c1ccc(Cl)cc1. The van der Waals surface area contributed by atoms with Crippen molar-refractivity contribution in [3.63, 3.8) is 0 Å². The summed E-state index contributed by atoms with van der Waals surface area (Å²) in [6, 6.07) is 21.0. The van der Waals surface area contributed by atoms with E-state index in [9.17, 15) is 14.0 Å². The van der Waals surface area contributed by atoms with Gasteiger partial charge in [0, 0.05) is 5.02 Å². The van der Waals surface area contributed by atoms with Crippen molar-refractivity contribution in [2.75, 3.05) is 9.96 Å². The number of anilines is 2. The number of amides is 2. The van der Waals surface area contributed by atoms with Crippen LogP contribution < -0.4 is 9.96 Å². The molecule has 2 aliphatic rings. The van der Waals surface area contributed by atoms with Crippen molar-refractivity contribution in [3.05, 3.63) is 95.3 Å². The summed E-state index contributed by atoms with van der Waals surface area (Å²) in [6.45, 7) is 0. The standard InChI is InChI=1S/C23H16ClFN2O3/c24-15-9-11-17(12-10-15)26-22(28)19-20(14-5-4-6-16(25)13-14)27(30-21(19)23(26)29)18-7-2-1-3-8-18/h1-13,19-21H/t19-,20+,21+/m1/s1. The minimum absolute atomic E-state index is 0.389. The molecule has 2 saturated heterocycles. The molecule has 3 atom stereocenters. The molecule has 0 N–H and O–H groups in total. The van der Waals surface area contributed by atoms with E-state index in [0.717, 1.165) is 4.90 Å². The van der Waals surface area contributed by atoms with Gasteiger partial charge in [-0.15, -0.1) is 0 Å². The molecule has 30 heavy (non-hydrogen) atoms. The Hall–Kier alpha value is -3.22. The van der Waals surface area contributed by atoms with E-state index in [1.807, 2.05) is 30.3 Å². The fourth-order valence-corrected chi connectivity index (χ4v) is 4.21. The van der Waals surface area contributed by atoms with Crippen LogP contribution in [0.1, 0.15) is 11.6 Å². The smallest absolute Gasteiger partial charge is 0.266 e. The highest BCUT2D eigenvalue weighted by Gasteiger charge is 2.60. The molecule has 0 aliphatic carbocycles. The quantitative estimate of drug-likeness (QED) is 0.582. The Kier molecular flexibility index (Phi) is 4.53. The molecule has 0 bridgehead atoms. The van der Waals surface area contributed by atoms with Gasteiger partial charge in [-0.25, -0.2) is 14.4 Å². The molecule has 0 spiro atoms. The lowest BCUT2D eigenvalue weighted by Gasteiger charge is -2.28. The summed E-state index contributed by atoms with van der Waals surface area (Å²) >= 11 is 5.94. The number of carbonyl (C=O) groups is 2. The van der Waals surface area contributed by atoms with Crippen molar-refractivity contribution in [2.45, 2.75) is 12.1 Å². The zero-order valence-electron chi connectivity index (χ0n) is 15.6. The number of nitrogens with zero attached hydrogens (tertiary/aromatic N) is 2. The van der Waals surface area contributed by atoms with Gasteiger partial charge in [-0.1, -0.05) is 41.9 Å². The molecule has 0 aromatic heterocycles. The van der Waals surface area contributed by atoms with Crippen LogP contribution in [-0.2, 0) is 14.4 Å². The van der Waals surface area contributed by atoms with Gasteiger partial charge in [-0.3, -0.25) is 14.4 Å². The highest BCUT2D eigenvalue weighted by Crippen LogP contribution is 2.47. The number of fused-ring (bicyclic) bond motifs is 1. The number of benzene rings is 3. The molecular formula is C23H16ClFN2O3. The monoisotopic (exact) mass is 422 g/mol. The number of imide groups is 1. The Balaban J connectivity index is 1.59. The summed E-state index contributed by atoms with van der Waals surface area (Å²) in [5.41, 5.74) is 1.67. The number of rotatable bonds is 3. The van der Waals surface area contributed by atoms with Crippen LogP contribution in [0.2, 0.25) is 5.02 Å². The van der Waals surface area contributed by atoms with Crippen molar-refractivity contribution in [1.82, 2.24) is 0 Å². The van der Waals surface area contributed by atoms with Gasteiger partial charge in [0.2, 0.25) is 5.91 Å². The van der Waals surface area contributed by atoms with Crippen molar-refractivity contribution < 1.29 is 18.8 Å². The molecule has 7 heteroatoms. The maximum absolute atomic E-state index is 14.0. The summed E-state index contributed by atoms with van der Waals surface area (Å²) in [5.74, 6) is -2.07. The number of halogens is 2. The second kappa shape index (κ2) is 7.23. The number of hydrogen-bond acceptors (Lipinski definition) is 4.